The molecule has 0 saturated carbocycles. The molecular weight excluding hydrogens is 409 g/mol. The van der Waals surface area contributed by atoms with Gasteiger partial charge in [0.25, 0.3) is 11.8 Å². The van der Waals surface area contributed by atoms with E-state index in [9.17, 15) is 14.0 Å². The first-order chi connectivity index (χ1) is 15.3. The molecule has 2 rings (SSSR count). The third kappa shape index (κ3) is 7.68. The van der Waals surface area contributed by atoms with Crippen molar-refractivity contribution in [2.45, 2.75) is 20.3 Å². The number of nitrogens with one attached hydrogen (secondary N) is 3. The lowest BCUT2D eigenvalue weighted by Gasteiger charge is -2.13. The molecule has 0 atom stereocenters. The Kier molecular flexibility index (Phi) is 9.66. The lowest BCUT2D eigenvalue weighted by Crippen LogP contribution is -2.41. The Morgan fingerprint density at radius 1 is 1.00 bits per heavy atom. The van der Waals surface area contributed by atoms with Crippen molar-refractivity contribution in [2.24, 2.45) is 4.99 Å². The highest BCUT2D eigenvalue weighted by Crippen LogP contribution is 2.09. The minimum Gasteiger partial charge on any atom is -0.357 e. The van der Waals surface area contributed by atoms with E-state index in [-0.39, 0.29) is 11.8 Å². The van der Waals surface area contributed by atoms with Crippen LogP contribution in [0.3, 0.4) is 0 Å². The summed E-state index contributed by atoms with van der Waals surface area (Å²) in [5.74, 6) is -0.0989. The molecule has 2 aromatic rings. The van der Waals surface area contributed by atoms with E-state index < -0.39 is 5.82 Å². The fraction of sp³-hybridized carbons (Fsp3) is 0.375. The Morgan fingerprint density at radius 3 is 2.44 bits per heavy atom. The lowest BCUT2D eigenvalue weighted by molar-refractivity contribution is 0.0827. The van der Waals surface area contributed by atoms with Gasteiger partial charge >= 0.3 is 0 Å². The molecule has 32 heavy (non-hydrogen) atoms. The van der Waals surface area contributed by atoms with Crippen LogP contribution in [0.15, 0.2) is 47.5 Å². The number of carbonyl (C=O) groups excluding carboxylic acids is 2. The van der Waals surface area contributed by atoms with Crippen LogP contribution < -0.4 is 16.0 Å². The first-order valence-corrected chi connectivity index (χ1v) is 10.7. The second kappa shape index (κ2) is 12.4. The number of nitrogens with zero attached hydrogens (tertiary/aromatic N) is 2. The molecular formula is C24H32FN5O2. The zero-order chi connectivity index (χ0) is 23.5. The first-order valence-electron chi connectivity index (χ1n) is 10.7. The van der Waals surface area contributed by atoms with Gasteiger partial charge in [0.1, 0.15) is 5.82 Å². The second-order valence-corrected chi connectivity index (χ2v) is 7.56. The SMILES string of the molecule is CCNC(=NCCc1cccc(C(=O)N(C)C)c1)NCCNC(=O)c1ccc(C)c(F)c1. The summed E-state index contributed by atoms with van der Waals surface area (Å²) in [7, 11) is 3.46. The Morgan fingerprint density at radius 2 is 1.75 bits per heavy atom. The molecule has 8 heteroatoms. The molecule has 0 bridgehead atoms. The molecule has 0 saturated heterocycles. The molecule has 2 amide bonds. The van der Waals surface area contributed by atoms with Crippen molar-refractivity contribution in [2.75, 3.05) is 40.3 Å². The van der Waals surface area contributed by atoms with Gasteiger partial charge < -0.3 is 20.9 Å². The van der Waals surface area contributed by atoms with Gasteiger partial charge in [-0.15, -0.1) is 0 Å². The molecule has 0 unspecified atom stereocenters. The quantitative estimate of drug-likeness (QED) is 0.317. The topological polar surface area (TPSA) is 85.8 Å². The van der Waals surface area contributed by atoms with Crippen LogP contribution >= 0.6 is 0 Å². The second-order valence-electron chi connectivity index (χ2n) is 7.56. The average molecular weight is 442 g/mol. The summed E-state index contributed by atoms with van der Waals surface area (Å²) in [4.78, 5) is 30.4. The monoisotopic (exact) mass is 441 g/mol. The van der Waals surface area contributed by atoms with E-state index >= 15 is 0 Å². The summed E-state index contributed by atoms with van der Waals surface area (Å²) in [6.07, 6.45) is 0.695. The van der Waals surface area contributed by atoms with Crippen molar-refractivity contribution in [3.63, 3.8) is 0 Å². The largest absolute Gasteiger partial charge is 0.357 e. The summed E-state index contributed by atoms with van der Waals surface area (Å²) in [5.41, 5.74) is 2.50. The minimum atomic E-state index is -0.394. The molecule has 0 spiro atoms. The van der Waals surface area contributed by atoms with Gasteiger partial charge in [0.05, 0.1) is 0 Å². The van der Waals surface area contributed by atoms with Crippen molar-refractivity contribution in [1.29, 1.82) is 0 Å². The predicted octanol–water partition coefficient (Wildman–Crippen LogP) is 2.36. The summed E-state index contributed by atoms with van der Waals surface area (Å²) in [5, 5.41) is 9.10. The Hall–Kier alpha value is -3.42. The number of halogens is 1. The number of carbonyl (C=O) groups is 2. The molecule has 7 nitrogen and oxygen atoms in total. The molecule has 2 aromatic carbocycles. The Labute approximate surface area is 189 Å². The molecule has 0 aliphatic heterocycles. The van der Waals surface area contributed by atoms with Crippen LogP contribution in [-0.4, -0.2) is 62.9 Å². The molecule has 0 radical (unpaired) electrons. The van der Waals surface area contributed by atoms with Crippen LogP contribution in [0.4, 0.5) is 4.39 Å². The van der Waals surface area contributed by atoms with E-state index in [4.69, 9.17) is 0 Å². The average Bonchev–Trinajstić information content (AvgIpc) is 2.77. The fourth-order valence-corrected chi connectivity index (χ4v) is 2.95. The summed E-state index contributed by atoms with van der Waals surface area (Å²) in [6, 6.07) is 12.0. The molecule has 0 aliphatic rings. The molecule has 0 heterocycles. The van der Waals surface area contributed by atoms with Gasteiger partial charge in [-0.1, -0.05) is 18.2 Å². The van der Waals surface area contributed by atoms with E-state index in [1.807, 2.05) is 25.1 Å². The van der Waals surface area contributed by atoms with Crippen LogP contribution in [0.2, 0.25) is 0 Å². The number of amides is 2. The van der Waals surface area contributed by atoms with Crippen molar-refractivity contribution >= 4 is 17.8 Å². The number of aliphatic imine (C=N–C) groups is 1. The summed E-state index contributed by atoms with van der Waals surface area (Å²) >= 11 is 0. The molecule has 0 aliphatic carbocycles. The minimum absolute atomic E-state index is 0.0271. The summed E-state index contributed by atoms with van der Waals surface area (Å²) < 4.78 is 13.6. The van der Waals surface area contributed by atoms with Gasteiger partial charge in [-0.25, -0.2) is 4.39 Å². The standard InChI is InChI=1S/C24H32FN5O2/c1-5-26-24(28-12-11-18-7-6-8-20(15-18)23(32)30(3)4)29-14-13-27-22(31)19-10-9-17(2)21(25)16-19/h6-10,15-16H,5,11-14H2,1-4H3,(H,27,31)(H2,26,28,29). The lowest BCUT2D eigenvalue weighted by atomic mass is 10.1. The first kappa shape index (κ1) is 24.8. The maximum atomic E-state index is 13.6. The predicted molar refractivity (Wildman–Crippen MR) is 126 cm³/mol. The third-order valence-electron chi connectivity index (χ3n) is 4.73. The summed E-state index contributed by atoms with van der Waals surface area (Å²) in [6.45, 7) is 5.72. The van der Waals surface area contributed by atoms with Crippen LogP contribution in [0.25, 0.3) is 0 Å². The van der Waals surface area contributed by atoms with Gasteiger partial charge in [-0.2, -0.15) is 0 Å². The number of aryl methyl sites for hydroxylation is 1. The highest BCUT2D eigenvalue weighted by Gasteiger charge is 2.09. The number of guanidine groups is 1. The fourth-order valence-electron chi connectivity index (χ4n) is 2.95. The zero-order valence-electron chi connectivity index (χ0n) is 19.2. The van der Waals surface area contributed by atoms with Crippen LogP contribution in [0.5, 0.6) is 0 Å². The Bertz CT molecular complexity index is 959. The molecule has 172 valence electrons. The van der Waals surface area contributed by atoms with Crippen LogP contribution in [0.1, 0.15) is 38.8 Å². The van der Waals surface area contributed by atoms with E-state index in [0.717, 1.165) is 5.56 Å². The Balaban J connectivity index is 1.82. The van der Waals surface area contributed by atoms with Gasteiger partial charge in [0, 0.05) is 51.4 Å². The van der Waals surface area contributed by atoms with E-state index in [1.165, 1.54) is 6.07 Å². The normalized spacial score (nSPS) is 11.1. The van der Waals surface area contributed by atoms with Crippen molar-refractivity contribution in [3.8, 4) is 0 Å². The van der Waals surface area contributed by atoms with Gasteiger partial charge in [-0.3, -0.25) is 14.6 Å². The number of hydrogen-bond donors (Lipinski definition) is 3. The number of hydrogen-bond acceptors (Lipinski definition) is 3. The van der Waals surface area contributed by atoms with Crippen molar-refractivity contribution < 1.29 is 14.0 Å². The van der Waals surface area contributed by atoms with Gasteiger partial charge in [0.2, 0.25) is 0 Å². The maximum Gasteiger partial charge on any atom is 0.253 e. The van der Waals surface area contributed by atoms with E-state index in [0.29, 0.717) is 55.2 Å². The third-order valence-corrected chi connectivity index (χ3v) is 4.73. The van der Waals surface area contributed by atoms with E-state index in [1.54, 1.807) is 44.1 Å². The molecule has 3 N–H and O–H groups in total. The number of rotatable bonds is 9. The van der Waals surface area contributed by atoms with Crippen LogP contribution in [0, 0.1) is 12.7 Å². The zero-order valence-corrected chi connectivity index (χ0v) is 19.2. The highest BCUT2D eigenvalue weighted by atomic mass is 19.1. The highest BCUT2D eigenvalue weighted by molar-refractivity contribution is 5.94. The number of benzene rings is 2. The van der Waals surface area contributed by atoms with Crippen molar-refractivity contribution in [1.82, 2.24) is 20.9 Å². The molecule has 0 fully saturated rings. The molecule has 0 aromatic heterocycles. The maximum absolute atomic E-state index is 13.6. The van der Waals surface area contributed by atoms with E-state index in [2.05, 4.69) is 20.9 Å². The van der Waals surface area contributed by atoms with Crippen molar-refractivity contribution in [3.05, 3.63) is 70.5 Å². The van der Waals surface area contributed by atoms with Crippen LogP contribution in [-0.2, 0) is 6.42 Å². The van der Waals surface area contributed by atoms with Gasteiger partial charge in [-0.05, 0) is 55.7 Å². The smallest absolute Gasteiger partial charge is 0.253 e. The van der Waals surface area contributed by atoms with Gasteiger partial charge in [0.15, 0.2) is 5.96 Å².